The number of aromatic nitrogens is 1. The van der Waals surface area contributed by atoms with Crippen molar-refractivity contribution in [3.8, 4) is 11.1 Å². The van der Waals surface area contributed by atoms with Crippen LogP contribution in [-0.2, 0) is 4.74 Å². The van der Waals surface area contributed by atoms with E-state index in [4.69, 9.17) is 9.15 Å². The van der Waals surface area contributed by atoms with Gasteiger partial charge in [0.05, 0.1) is 6.04 Å². The maximum atomic E-state index is 13.4. The van der Waals surface area contributed by atoms with E-state index < -0.39 is 0 Å². The van der Waals surface area contributed by atoms with Crippen molar-refractivity contribution in [2.24, 2.45) is 0 Å². The lowest BCUT2D eigenvalue weighted by molar-refractivity contribution is 0.0539. The summed E-state index contributed by atoms with van der Waals surface area (Å²) in [5.74, 6) is 0.0799. The Kier molecular flexibility index (Phi) is 4.76. The van der Waals surface area contributed by atoms with Gasteiger partial charge in [-0.2, -0.15) is 0 Å². The van der Waals surface area contributed by atoms with Crippen LogP contribution in [0.4, 0.5) is 4.79 Å². The van der Waals surface area contributed by atoms with Gasteiger partial charge in [-0.15, -0.1) is 0 Å². The van der Waals surface area contributed by atoms with Crippen LogP contribution in [0.1, 0.15) is 48.3 Å². The van der Waals surface area contributed by atoms with E-state index >= 15 is 0 Å². The van der Waals surface area contributed by atoms with E-state index in [0.717, 1.165) is 42.3 Å². The lowest BCUT2D eigenvalue weighted by atomic mass is 9.83. The van der Waals surface area contributed by atoms with Crippen LogP contribution in [0, 0.1) is 0 Å². The Morgan fingerprint density at radius 2 is 1.77 bits per heavy atom. The molecule has 3 heterocycles. The van der Waals surface area contributed by atoms with Gasteiger partial charge in [0.25, 0.3) is 0 Å². The molecule has 0 spiro atoms. The summed E-state index contributed by atoms with van der Waals surface area (Å²) in [5, 5.41) is 0. The first kappa shape index (κ1) is 20.5. The number of piperidine rings is 1. The van der Waals surface area contributed by atoms with Crippen LogP contribution in [0.2, 0.25) is 0 Å². The first-order chi connectivity index (χ1) is 17.3. The molecular formula is C30H26N2O3. The van der Waals surface area contributed by atoms with Gasteiger partial charge in [0, 0.05) is 12.0 Å². The molecule has 1 saturated heterocycles. The van der Waals surface area contributed by atoms with Crippen molar-refractivity contribution in [2.45, 2.75) is 43.7 Å². The van der Waals surface area contributed by atoms with Crippen LogP contribution in [0.15, 0.2) is 83.6 Å². The highest BCUT2D eigenvalue weighted by molar-refractivity contribution is 5.81. The van der Waals surface area contributed by atoms with Gasteiger partial charge in [-0.1, -0.05) is 60.7 Å². The van der Waals surface area contributed by atoms with Crippen molar-refractivity contribution < 1.29 is 13.9 Å². The zero-order chi connectivity index (χ0) is 23.4. The van der Waals surface area contributed by atoms with Gasteiger partial charge in [-0.3, -0.25) is 4.90 Å². The molecule has 1 aliphatic carbocycles. The number of amides is 1. The van der Waals surface area contributed by atoms with Crippen LogP contribution < -0.4 is 0 Å². The molecule has 2 unspecified atom stereocenters. The standard InChI is InChI=1S/C30H26N2O3/c33-30(34-17-27-25-10-3-1-8-23(25)24-9-2-4-11-26(24)27)32-21-6-5-7-22(32)15-20(14-21)19-12-13-29-28(16-19)31-18-35-29/h1-4,8-14,16,18,21-22,27H,5-7,15,17H2. The van der Waals surface area contributed by atoms with E-state index in [1.54, 1.807) is 0 Å². The predicted molar refractivity (Wildman–Crippen MR) is 135 cm³/mol. The van der Waals surface area contributed by atoms with Crippen LogP contribution in [0.3, 0.4) is 0 Å². The van der Waals surface area contributed by atoms with Crippen LogP contribution >= 0.6 is 0 Å². The summed E-state index contributed by atoms with van der Waals surface area (Å²) < 4.78 is 11.4. The maximum absolute atomic E-state index is 13.4. The summed E-state index contributed by atoms with van der Waals surface area (Å²) >= 11 is 0. The molecule has 7 rings (SSSR count). The summed E-state index contributed by atoms with van der Waals surface area (Å²) in [6.45, 7) is 0.363. The summed E-state index contributed by atoms with van der Waals surface area (Å²) in [6, 6.07) is 23.3. The lowest BCUT2D eigenvalue weighted by Gasteiger charge is -2.44. The van der Waals surface area contributed by atoms with Gasteiger partial charge in [0.15, 0.2) is 12.0 Å². The van der Waals surface area contributed by atoms with Crippen molar-refractivity contribution in [1.29, 1.82) is 0 Å². The number of ether oxygens (including phenoxy) is 1. The number of rotatable bonds is 3. The first-order valence-electron chi connectivity index (χ1n) is 12.4. The average molecular weight is 463 g/mol. The van der Waals surface area contributed by atoms with Gasteiger partial charge in [0.2, 0.25) is 0 Å². The highest BCUT2D eigenvalue weighted by atomic mass is 16.6. The fraction of sp³-hybridized carbons (Fsp3) is 0.267. The lowest BCUT2D eigenvalue weighted by Crippen LogP contribution is -2.51. The van der Waals surface area contributed by atoms with Gasteiger partial charge in [-0.25, -0.2) is 9.78 Å². The van der Waals surface area contributed by atoms with E-state index in [1.165, 1.54) is 34.2 Å². The normalized spacial score (nSPS) is 20.9. The molecular weight excluding hydrogens is 436 g/mol. The minimum absolute atomic E-state index is 0.0705. The number of carbonyl (C=O) groups is 1. The Labute approximate surface area is 204 Å². The predicted octanol–water partition coefficient (Wildman–Crippen LogP) is 6.79. The second-order valence-corrected chi connectivity index (χ2v) is 9.79. The fourth-order valence-electron chi connectivity index (χ4n) is 6.25. The van der Waals surface area contributed by atoms with Crippen LogP contribution in [0.5, 0.6) is 0 Å². The zero-order valence-electron chi connectivity index (χ0n) is 19.4. The highest BCUT2D eigenvalue weighted by Gasteiger charge is 2.39. The van der Waals surface area contributed by atoms with E-state index in [0.29, 0.717) is 6.61 Å². The molecule has 0 N–H and O–H groups in total. The number of fused-ring (bicyclic) bond motifs is 6. The molecule has 0 radical (unpaired) electrons. The molecule has 5 heteroatoms. The third-order valence-corrected chi connectivity index (χ3v) is 7.89. The molecule has 2 aliphatic heterocycles. The summed E-state index contributed by atoms with van der Waals surface area (Å²) in [5.41, 5.74) is 9.09. The molecule has 2 atom stereocenters. The fourth-order valence-corrected chi connectivity index (χ4v) is 6.25. The average Bonchev–Trinajstić information content (AvgIpc) is 3.48. The van der Waals surface area contributed by atoms with Crippen LogP contribution in [-0.4, -0.2) is 34.7 Å². The van der Waals surface area contributed by atoms with Crippen molar-refractivity contribution in [3.05, 3.63) is 95.9 Å². The van der Waals surface area contributed by atoms with E-state index in [2.05, 4.69) is 71.7 Å². The molecule has 174 valence electrons. The van der Waals surface area contributed by atoms with Crippen molar-refractivity contribution >= 4 is 22.8 Å². The third-order valence-electron chi connectivity index (χ3n) is 7.89. The largest absolute Gasteiger partial charge is 0.448 e. The molecule has 1 fully saturated rings. The number of carbonyl (C=O) groups excluding carboxylic acids is 1. The second kappa shape index (κ2) is 8.12. The summed E-state index contributed by atoms with van der Waals surface area (Å²) in [6.07, 6.45) is 7.50. The van der Waals surface area contributed by atoms with Crippen LogP contribution in [0.25, 0.3) is 27.8 Å². The SMILES string of the molecule is O=C(OCC1c2ccccc2-c2ccccc21)N1C2C=C(c3ccc4ocnc4c3)CC1CCC2. The highest BCUT2D eigenvalue weighted by Crippen LogP contribution is 2.45. The van der Waals surface area contributed by atoms with Crippen molar-refractivity contribution in [1.82, 2.24) is 9.88 Å². The summed E-state index contributed by atoms with van der Waals surface area (Å²) in [7, 11) is 0. The first-order valence-corrected chi connectivity index (χ1v) is 12.4. The van der Waals surface area contributed by atoms with E-state index in [9.17, 15) is 4.79 Å². The summed E-state index contributed by atoms with van der Waals surface area (Å²) in [4.78, 5) is 19.7. The van der Waals surface area contributed by atoms with Gasteiger partial charge in [0.1, 0.15) is 12.1 Å². The van der Waals surface area contributed by atoms with Gasteiger partial charge < -0.3 is 9.15 Å². The number of hydrogen-bond donors (Lipinski definition) is 0. The van der Waals surface area contributed by atoms with E-state index in [-0.39, 0.29) is 24.1 Å². The molecule has 4 aromatic rings. The molecule has 2 bridgehead atoms. The molecule has 3 aliphatic rings. The Bertz CT molecular complexity index is 1420. The Morgan fingerprint density at radius 3 is 2.54 bits per heavy atom. The van der Waals surface area contributed by atoms with Gasteiger partial charge in [-0.05, 0) is 71.2 Å². The molecule has 5 nitrogen and oxygen atoms in total. The van der Waals surface area contributed by atoms with Crippen molar-refractivity contribution in [3.63, 3.8) is 0 Å². The van der Waals surface area contributed by atoms with Crippen molar-refractivity contribution in [2.75, 3.05) is 6.61 Å². The topological polar surface area (TPSA) is 55.6 Å². The minimum atomic E-state index is -0.191. The number of nitrogens with zero attached hydrogens (tertiary/aromatic N) is 2. The number of benzene rings is 3. The monoisotopic (exact) mass is 462 g/mol. The Morgan fingerprint density at radius 1 is 1.00 bits per heavy atom. The second-order valence-electron chi connectivity index (χ2n) is 9.79. The van der Waals surface area contributed by atoms with E-state index in [1.807, 2.05) is 11.0 Å². The number of hydrogen-bond acceptors (Lipinski definition) is 4. The van der Waals surface area contributed by atoms with Gasteiger partial charge >= 0.3 is 6.09 Å². The molecule has 35 heavy (non-hydrogen) atoms. The molecule has 1 aromatic heterocycles. The maximum Gasteiger partial charge on any atom is 0.410 e. The molecule has 3 aromatic carbocycles. The third kappa shape index (κ3) is 3.37. The molecule has 1 amide bonds. The smallest absolute Gasteiger partial charge is 0.410 e. The quantitative estimate of drug-likeness (QED) is 0.336. The number of oxazole rings is 1. The zero-order valence-corrected chi connectivity index (χ0v) is 19.4. The minimum Gasteiger partial charge on any atom is -0.448 e. The Balaban J connectivity index is 1.12. The molecule has 0 saturated carbocycles. The Hall–Kier alpha value is -3.86.